The minimum absolute atomic E-state index is 0.371. The van der Waals surface area contributed by atoms with Gasteiger partial charge in [-0.15, -0.1) is 0 Å². The van der Waals surface area contributed by atoms with Crippen LogP contribution in [0.2, 0.25) is 0 Å². The quantitative estimate of drug-likeness (QED) is 0.833. The smallest absolute Gasteiger partial charge is 0.383 e. The molecule has 0 saturated carbocycles. The molecule has 0 aromatic heterocycles. The zero-order valence-corrected chi connectivity index (χ0v) is 10.1. The molecule has 18 heavy (non-hydrogen) atoms. The Hall–Kier alpha value is -1.74. The number of alkyl halides is 3. The molecule has 0 amide bonds. The Morgan fingerprint density at radius 2 is 2.06 bits per heavy atom. The van der Waals surface area contributed by atoms with Crippen LogP contribution in [0.5, 0.6) is 0 Å². The number of benzene rings is 1. The van der Waals surface area contributed by atoms with Gasteiger partial charge in [0.05, 0.1) is 23.8 Å². The topological polar surface area (TPSA) is 36.3 Å². The molecule has 0 aliphatic rings. The molecular formula is C12H13F3N2O. The predicted octanol–water partition coefficient (Wildman–Crippen LogP) is 2.66. The van der Waals surface area contributed by atoms with Crippen molar-refractivity contribution in [2.45, 2.75) is 6.18 Å². The second kappa shape index (κ2) is 5.74. The van der Waals surface area contributed by atoms with Gasteiger partial charge in [-0.1, -0.05) is 0 Å². The number of likely N-dealkylation sites (N-methyl/N-ethyl adjacent to an activating group) is 1. The lowest BCUT2D eigenvalue weighted by molar-refractivity contribution is -0.137. The summed E-state index contributed by atoms with van der Waals surface area (Å²) in [5.74, 6) is 0. The number of nitrogens with zero attached hydrogens (tertiary/aromatic N) is 2. The molecule has 1 rings (SSSR count). The third kappa shape index (κ3) is 3.37. The maximum atomic E-state index is 12.6. The summed E-state index contributed by atoms with van der Waals surface area (Å²) in [6.07, 6.45) is -4.51. The summed E-state index contributed by atoms with van der Waals surface area (Å²) in [7, 11) is 3.27. The summed E-state index contributed by atoms with van der Waals surface area (Å²) >= 11 is 0. The van der Waals surface area contributed by atoms with Gasteiger partial charge in [0, 0.05) is 26.4 Å². The van der Waals surface area contributed by atoms with E-state index >= 15 is 0 Å². The highest BCUT2D eigenvalue weighted by molar-refractivity contribution is 5.54. The Bertz CT molecular complexity index is 452. The van der Waals surface area contributed by atoms with Crippen LogP contribution in [0.15, 0.2) is 18.2 Å². The molecule has 0 N–H and O–H groups in total. The van der Waals surface area contributed by atoms with Gasteiger partial charge in [-0.05, 0) is 18.2 Å². The molecule has 98 valence electrons. The maximum absolute atomic E-state index is 12.6. The molecule has 0 atom stereocenters. The zero-order chi connectivity index (χ0) is 13.8. The van der Waals surface area contributed by atoms with Crippen molar-refractivity contribution in [3.8, 4) is 6.07 Å². The van der Waals surface area contributed by atoms with Crippen molar-refractivity contribution in [3.05, 3.63) is 29.3 Å². The molecule has 6 heteroatoms. The van der Waals surface area contributed by atoms with E-state index in [1.54, 1.807) is 25.1 Å². The summed E-state index contributed by atoms with van der Waals surface area (Å²) in [6, 6.07) is 5.08. The molecule has 0 aliphatic carbocycles. The van der Waals surface area contributed by atoms with Crippen molar-refractivity contribution in [3.63, 3.8) is 0 Å². The van der Waals surface area contributed by atoms with Crippen LogP contribution in [0, 0.1) is 11.3 Å². The van der Waals surface area contributed by atoms with Crippen molar-refractivity contribution >= 4 is 5.69 Å². The van der Waals surface area contributed by atoms with E-state index in [1.165, 1.54) is 12.1 Å². The van der Waals surface area contributed by atoms with Crippen molar-refractivity contribution in [2.24, 2.45) is 0 Å². The third-order valence-electron chi connectivity index (χ3n) is 2.50. The first kappa shape index (κ1) is 14.3. The second-order valence-electron chi connectivity index (χ2n) is 3.75. The minimum Gasteiger partial charge on any atom is -0.383 e. The lowest BCUT2D eigenvalue weighted by Crippen LogP contribution is -2.22. The lowest BCUT2D eigenvalue weighted by atomic mass is 10.1. The number of nitriles is 1. The Morgan fingerprint density at radius 1 is 1.39 bits per heavy atom. The van der Waals surface area contributed by atoms with E-state index in [4.69, 9.17) is 10.00 Å². The van der Waals surface area contributed by atoms with Gasteiger partial charge >= 0.3 is 6.18 Å². The Kier molecular flexibility index (Phi) is 4.56. The molecule has 0 saturated heterocycles. The first-order valence-electron chi connectivity index (χ1n) is 5.21. The standard InChI is InChI=1S/C12H13F3N2O/c1-17(5-6-18-2)10-3-4-11(12(13,14)15)9(7-10)8-16/h3-4,7H,5-6H2,1-2H3. The van der Waals surface area contributed by atoms with E-state index in [9.17, 15) is 13.2 Å². The monoisotopic (exact) mass is 258 g/mol. The van der Waals surface area contributed by atoms with Gasteiger partial charge in [0.15, 0.2) is 0 Å². The van der Waals surface area contributed by atoms with Crippen LogP contribution in [-0.4, -0.2) is 27.3 Å². The molecule has 0 radical (unpaired) electrons. The van der Waals surface area contributed by atoms with Crippen LogP contribution in [-0.2, 0) is 10.9 Å². The molecular weight excluding hydrogens is 245 g/mol. The Labute approximate surface area is 103 Å². The SMILES string of the molecule is COCCN(C)c1ccc(C(F)(F)F)c(C#N)c1. The average Bonchev–Trinajstić information content (AvgIpc) is 2.33. The molecule has 0 fully saturated rings. The minimum atomic E-state index is -4.51. The van der Waals surface area contributed by atoms with Crippen LogP contribution in [0.4, 0.5) is 18.9 Å². The van der Waals surface area contributed by atoms with Crippen molar-refractivity contribution in [1.82, 2.24) is 0 Å². The van der Waals surface area contributed by atoms with Crippen LogP contribution >= 0.6 is 0 Å². The van der Waals surface area contributed by atoms with Gasteiger partial charge in [0.2, 0.25) is 0 Å². The van der Waals surface area contributed by atoms with Gasteiger partial charge in [-0.3, -0.25) is 0 Å². The largest absolute Gasteiger partial charge is 0.417 e. The number of rotatable bonds is 4. The summed E-state index contributed by atoms with van der Waals surface area (Å²) in [4.78, 5) is 1.73. The van der Waals surface area contributed by atoms with E-state index in [1.807, 2.05) is 0 Å². The van der Waals surface area contributed by atoms with Crippen molar-refractivity contribution in [2.75, 3.05) is 32.2 Å². The Balaban J connectivity index is 3.03. The lowest BCUT2D eigenvalue weighted by Gasteiger charge is -2.20. The highest BCUT2D eigenvalue weighted by Gasteiger charge is 2.33. The fourth-order valence-electron chi connectivity index (χ4n) is 1.47. The number of ether oxygens (including phenoxy) is 1. The number of hydrogen-bond donors (Lipinski definition) is 0. The Morgan fingerprint density at radius 3 is 2.56 bits per heavy atom. The molecule has 3 nitrogen and oxygen atoms in total. The van der Waals surface area contributed by atoms with Gasteiger partial charge in [-0.25, -0.2) is 0 Å². The van der Waals surface area contributed by atoms with E-state index in [0.29, 0.717) is 18.8 Å². The number of hydrogen-bond acceptors (Lipinski definition) is 3. The summed E-state index contributed by atoms with van der Waals surface area (Å²) in [5.41, 5.74) is -0.727. The van der Waals surface area contributed by atoms with Crippen LogP contribution in [0.1, 0.15) is 11.1 Å². The second-order valence-corrected chi connectivity index (χ2v) is 3.75. The molecule has 0 aliphatic heterocycles. The highest BCUT2D eigenvalue weighted by Crippen LogP contribution is 2.33. The zero-order valence-electron chi connectivity index (χ0n) is 10.1. The van der Waals surface area contributed by atoms with E-state index in [-0.39, 0.29) is 5.56 Å². The summed E-state index contributed by atoms with van der Waals surface area (Å²) in [5, 5.41) is 8.77. The van der Waals surface area contributed by atoms with Crippen LogP contribution in [0.25, 0.3) is 0 Å². The highest BCUT2D eigenvalue weighted by atomic mass is 19.4. The molecule has 0 unspecified atom stereocenters. The summed E-state index contributed by atoms with van der Waals surface area (Å²) < 4.78 is 42.6. The average molecular weight is 258 g/mol. The molecule has 0 spiro atoms. The van der Waals surface area contributed by atoms with Crippen LogP contribution < -0.4 is 4.90 Å². The van der Waals surface area contributed by atoms with Crippen LogP contribution in [0.3, 0.4) is 0 Å². The van der Waals surface area contributed by atoms with Crippen molar-refractivity contribution < 1.29 is 17.9 Å². The number of methoxy groups -OCH3 is 1. The van der Waals surface area contributed by atoms with Gasteiger partial charge in [-0.2, -0.15) is 18.4 Å². The molecule has 0 bridgehead atoms. The molecule has 1 aromatic carbocycles. The van der Waals surface area contributed by atoms with E-state index in [0.717, 1.165) is 6.07 Å². The van der Waals surface area contributed by atoms with Crippen molar-refractivity contribution in [1.29, 1.82) is 5.26 Å². The maximum Gasteiger partial charge on any atom is 0.417 e. The molecule has 0 heterocycles. The summed E-state index contributed by atoms with van der Waals surface area (Å²) in [6.45, 7) is 0.992. The first-order valence-corrected chi connectivity index (χ1v) is 5.21. The van der Waals surface area contributed by atoms with Gasteiger partial charge in [0.25, 0.3) is 0 Å². The van der Waals surface area contributed by atoms with Gasteiger partial charge < -0.3 is 9.64 Å². The number of halogens is 3. The van der Waals surface area contributed by atoms with E-state index < -0.39 is 11.7 Å². The van der Waals surface area contributed by atoms with E-state index in [2.05, 4.69) is 0 Å². The third-order valence-corrected chi connectivity index (χ3v) is 2.50. The molecule has 1 aromatic rings. The van der Waals surface area contributed by atoms with Gasteiger partial charge in [0.1, 0.15) is 0 Å². The fourth-order valence-corrected chi connectivity index (χ4v) is 1.47. The fraction of sp³-hybridized carbons (Fsp3) is 0.417. The predicted molar refractivity (Wildman–Crippen MR) is 61.3 cm³/mol. The normalized spacial score (nSPS) is 11.1. The first-order chi connectivity index (χ1) is 8.40. The number of anilines is 1.